The number of aromatic nitrogens is 1. The SMILES string of the molecule is Cc1ncsc1-c1ccc([C@H](C)NC(=O)[C@H]2CN(C(=O)[C@@H](NC(=O)COCCCCCNc3ccc(NC(=O)NC4C(C)(C)C(Oc5ccc(C#N)c(Cl)c5)C4(C)C)cc3F)C(C)(C)C)C[C@H]2O)cc1. The average Bonchev–Trinajstić information content (AvgIpc) is 3.92. The Morgan fingerprint density at radius 3 is 2.34 bits per heavy atom. The zero-order valence-electron chi connectivity index (χ0n) is 41.4. The zero-order chi connectivity index (χ0) is 51.1. The third kappa shape index (κ3) is 12.7. The molecule has 1 aliphatic heterocycles. The Morgan fingerprint density at radius 1 is 1.00 bits per heavy atom. The van der Waals surface area contributed by atoms with Crippen molar-refractivity contribution in [3.63, 3.8) is 0 Å². The minimum absolute atomic E-state index is 0.0149. The third-order valence-corrected chi connectivity index (χ3v) is 14.6. The van der Waals surface area contributed by atoms with Crippen molar-refractivity contribution in [3.8, 4) is 22.3 Å². The summed E-state index contributed by atoms with van der Waals surface area (Å²) in [5, 5.41) is 35.1. The molecule has 2 fully saturated rings. The molecule has 15 nitrogen and oxygen atoms in total. The van der Waals surface area contributed by atoms with Crippen LogP contribution in [0.1, 0.15) is 97.5 Å². The molecule has 18 heteroatoms. The van der Waals surface area contributed by atoms with Crippen LogP contribution in [0.3, 0.4) is 0 Å². The van der Waals surface area contributed by atoms with Gasteiger partial charge in [-0.05, 0) is 80.0 Å². The Bertz CT molecular complexity index is 2540. The maximum Gasteiger partial charge on any atom is 0.319 e. The maximum atomic E-state index is 15.1. The number of nitriles is 1. The second-order valence-corrected chi connectivity index (χ2v) is 21.8. The van der Waals surface area contributed by atoms with E-state index in [1.54, 1.807) is 41.7 Å². The number of halogens is 2. The molecule has 376 valence electrons. The number of nitrogens with one attached hydrogen (secondary N) is 5. The van der Waals surface area contributed by atoms with Crippen molar-refractivity contribution in [2.24, 2.45) is 22.2 Å². The minimum Gasteiger partial charge on any atom is -0.489 e. The summed E-state index contributed by atoms with van der Waals surface area (Å²) in [7, 11) is 0. The first-order chi connectivity index (χ1) is 33.0. The number of aliphatic hydroxyl groups excluding tert-OH is 1. The number of anilines is 2. The van der Waals surface area contributed by atoms with Crippen molar-refractivity contribution in [1.29, 1.82) is 5.26 Å². The topological polar surface area (TPSA) is 207 Å². The molecular weight excluding hydrogens is 935 g/mol. The van der Waals surface area contributed by atoms with Crippen LogP contribution in [-0.2, 0) is 19.1 Å². The standard InChI is InChI=1S/C52H66ClFN8O7S/c1-30(32-13-15-33(16-14-32)43-31(2)57-29-70-43)58-45(65)37-26-62(27-41(37)63)46(66)44(50(3,4)5)60-42(64)28-68-22-12-10-11-21-56-40-20-18-35(23-39(40)54)59-49(67)61-47-51(6,7)48(52(47,8)9)69-36-19-17-34(25-55)38(53)24-36/h13-20,23-24,29-30,37,41,44,47-48,56,63H,10-12,21-22,26-28H2,1-9H3,(H,58,65)(H,60,64)(H2,59,61,67)/t30-,37-,41+,44+,47?,48?/m0/s1. The number of unbranched alkanes of at least 4 members (excludes halogenated alkanes) is 2. The van der Waals surface area contributed by atoms with Gasteiger partial charge in [-0.3, -0.25) is 14.4 Å². The normalized spacial score (nSPS) is 20.0. The van der Waals surface area contributed by atoms with Gasteiger partial charge in [-0.15, -0.1) is 11.3 Å². The van der Waals surface area contributed by atoms with Crippen LogP contribution in [0.4, 0.5) is 20.6 Å². The van der Waals surface area contributed by atoms with Crippen LogP contribution in [0.15, 0.2) is 66.2 Å². The molecule has 3 aromatic carbocycles. The molecule has 70 heavy (non-hydrogen) atoms. The lowest BCUT2D eigenvalue weighted by atomic mass is 9.49. The van der Waals surface area contributed by atoms with E-state index in [9.17, 15) is 29.5 Å². The molecule has 1 aliphatic carbocycles. The second kappa shape index (κ2) is 22.5. The van der Waals surface area contributed by atoms with Crippen LogP contribution >= 0.6 is 22.9 Å². The first kappa shape index (κ1) is 53.5. The third-order valence-electron chi connectivity index (χ3n) is 13.3. The molecule has 6 rings (SSSR count). The zero-order valence-corrected chi connectivity index (χ0v) is 42.9. The lowest BCUT2D eigenvalue weighted by molar-refractivity contribution is -0.163. The number of carbonyl (C=O) groups excluding carboxylic acids is 4. The Labute approximate surface area is 419 Å². The average molecular weight is 1000 g/mol. The number of aryl methyl sites for hydroxylation is 1. The van der Waals surface area contributed by atoms with Gasteiger partial charge in [0, 0.05) is 54.9 Å². The molecule has 0 spiro atoms. The molecule has 1 saturated heterocycles. The number of aliphatic hydroxyl groups is 1. The van der Waals surface area contributed by atoms with E-state index in [1.165, 1.54) is 11.0 Å². The highest BCUT2D eigenvalue weighted by Gasteiger charge is 2.64. The number of benzene rings is 3. The quantitative estimate of drug-likeness (QED) is 0.0493. The molecule has 4 aromatic rings. The molecule has 6 N–H and O–H groups in total. The van der Waals surface area contributed by atoms with E-state index in [0.29, 0.717) is 53.7 Å². The molecule has 2 aliphatic rings. The van der Waals surface area contributed by atoms with Gasteiger partial charge in [0.15, 0.2) is 0 Å². The largest absolute Gasteiger partial charge is 0.489 e. The summed E-state index contributed by atoms with van der Waals surface area (Å²) in [4.78, 5) is 60.2. The summed E-state index contributed by atoms with van der Waals surface area (Å²) in [6, 6.07) is 17.3. The summed E-state index contributed by atoms with van der Waals surface area (Å²) >= 11 is 7.78. The fraction of sp³-hybridized carbons (Fsp3) is 0.500. The first-order valence-corrected chi connectivity index (χ1v) is 24.9. The van der Waals surface area contributed by atoms with Crippen molar-refractivity contribution in [1.82, 2.24) is 25.8 Å². The van der Waals surface area contributed by atoms with Crippen LogP contribution in [0.25, 0.3) is 10.4 Å². The molecule has 1 saturated carbocycles. The molecule has 0 radical (unpaired) electrons. The summed E-state index contributed by atoms with van der Waals surface area (Å²) in [6.45, 7) is 17.9. The Kier molecular flexibility index (Phi) is 17.2. The van der Waals surface area contributed by atoms with Crippen molar-refractivity contribution in [3.05, 3.63) is 93.8 Å². The predicted molar refractivity (Wildman–Crippen MR) is 270 cm³/mol. The molecular formula is C52H66ClFN8O7S. The van der Waals surface area contributed by atoms with Crippen LogP contribution in [-0.4, -0.2) is 95.9 Å². The van der Waals surface area contributed by atoms with E-state index in [0.717, 1.165) is 28.1 Å². The number of β-amino-alcohol motifs (C(OH)–C–C–N with tert-alkyl or cyclic N) is 1. The summed E-state index contributed by atoms with van der Waals surface area (Å²) < 4.78 is 27.0. The van der Waals surface area contributed by atoms with Crippen LogP contribution in [0.5, 0.6) is 5.75 Å². The van der Waals surface area contributed by atoms with Crippen LogP contribution < -0.4 is 31.3 Å². The van der Waals surface area contributed by atoms with E-state index >= 15 is 4.39 Å². The van der Waals surface area contributed by atoms with Crippen molar-refractivity contribution >= 4 is 58.1 Å². The second-order valence-electron chi connectivity index (χ2n) is 20.6. The number of hydrogen-bond acceptors (Lipinski definition) is 11. The molecule has 5 amide bonds. The Balaban J connectivity index is 0.866. The Hall–Kier alpha value is -5.80. The van der Waals surface area contributed by atoms with E-state index in [2.05, 4.69) is 31.6 Å². The van der Waals surface area contributed by atoms with Gasteiger partial charge in [-0.25, -0.2) is 14.2 Å². The number of ether oxygens (including phenoxy) is 2. The predicted octanol–water partition coefficient (Wildman–Crippen LogP) is 8.61. The van der Waals surface area contributed by atoms with Gasteiger partial charge in [0.1, 0.15) is 36.4 Å². The monoisotopic (exact) mass is 1000 g/mol. The fourth-order valence-electron chi connectivity index (χ4n) is 9.69. The number of likely N-dealkylation sites (tertiary alicyclic amines) is 1. The number of amides is 5. The molecule has 4 atom stereocenters. The van der Waals surface area contributed by atoms with Crippen LogP contribution in [0.2, 0.25) is 5.02 Å². The molecule has 1 aromatic heterocycles. The van der Waals surface area contributed by atoms with Gasteiger partial charge in [-0.1, -0.05) is 84.3 Å². The smallest absolute Gasteiger partial charge is 0.319 e. The maximum absolute atomic E-state index is 15.1. The van der Waals surface area contributed by atoms with Crippen molar-refractivity contribution in [2.45, 2.75) is 112 Å². The van der Waals surface area contributed by atoms with Crippen LogP contribution in [0, 0.1) is 46.2 Å². The number of hydrogen-bond donors (Lipinski definition) is 6. The molecule has 0 unspecified atom stereocenters. The highest BCUT2D eigenvalue weighted by Crippen LogP contribution is 2.55. The summed E-state index contributed by atoms with van der Waals surface area (Å²) in [5.41, 5.74) is 4.06. The summed E-state index contributed by atoms with van der Waals surface area (Å²) in [6.07, 6.45) is 0.751. The lowest BCUT2D eigenvalue weighted by Crippen LogP contribution is -2.75. The number of rotatable bonds is 19. The van der Waals surface area contributed by atoms with E-state index in [4.69, 9.17) is 21.1 Å². The van der Waals surface area contributed by atoms with Gasteiger partial charge >= 0.3 is 6.03 Å². The van der Waals surface area contributed by atoms with Gasteiger partial charge in [0.25, 0.3) is 0 Å². The van der Waals surface area contributed by atoms with E-state index < -0.39 is 52.1 Å². The number of urea groups is 1. The minimum atomic E-state index is -1.06. The van der Waals surface area contributed by atoms with Gasteiger partial charge in [0.05, 0.1) is 50.4 Å². The molecule has 0 bridgehead atoms. The van der Waals surface area contributed by atoms with Gasteiger partial charge in [0.2, 0.25) is 17.7 Å². The number of nitrogens with zero attached hydrogens (tertiary/aromatic N) is 3. The van der Waals surface area contributed by atoms with Crippen molar-refractivity contribution < 1.29 is 38.1 Å². The highest BCUT2D eigenvalue weighted by atomic mass is 35.5. The number of thiazole rings is 1. The highest BCUT2D eigenvalue weighted by molar-refractivity contribution is 7.13. The van der Waals surface area contributed by atoms with E-state index in [-0.39, 0.29) is 49.7 Å². The number of carbonyl (C=O) groups is 4. The van der Waals surface area contributed by atoms with Gasteiger partial charge < -0.3 is 46.1 Å². The van der Waals surface area contributed by atoms with E-state index in [1.807, 2.05) is 98.2 Å². The van der Waals surface area contributed by atoms with Gasteiger partial charge in [-0.2, -0.15) is 5.26 Å². The summed E-state index contributed by atoms with van der Waals surface area (Å²) in [5.74, 6) is -2.02. The molecule has 2 heterocycles. The Morgan fingerprint density at radius 2 is 1.71 bits per heavy atom. The lowest BCUT2D eigenvalue weighted by Gasteiger charge is -2.63. The fourth-order valence-corrected chi connectivity index (χ4v) is 10.7. The first-order valence-electron chi connectivity index (χ1n) is 23.6. The van der Waals surface area contributed by atoms with Crippen molar-refractivity contribution in [2.75, 3.05) is 43.5 Å².